The molecule has 0 unspecified atom stereocenters. The average Bonchev–Trinajstić information content (AvgIpc) is 3.00. The van der Waals surface area contributed by atoms with Crippen molar-refractivity contribution in [3.05, 3.63) is 66.1 Å². The third-order valence-corrected chi connectivity index (χ3v) is 5.39. The maximum atomic E-state index is 12.2. The van der Waals surface area contributed by atoms with Gasteiger partial charge < -0.3 is 14.2 Å². The second kappa shape index (κ2) is 9.30. The summed E-state index contributed by atoms with van der Waals surface area (Å²) in [7, 11) is 1.28. The molecule has 0 spiro atoms. The Morgan fingerprint density at radius 3 is 2.52 bits per heavy atom. The number of methoxy groups -OCH3 is 1. The maximum Gasteiger partial charge on any atom is 0.363 e. The zero-order valence-corrected chi connectivity index (χ0v) is 19.4. The van der Waals surface area contributed by atoms with E-state index in [4.69, 9.17) is 32.7 Å². The van der Waals surface area contributed by atoms with Crippen LogP contribution in [0.4, 0.5) is 0 Å². The Bertz CT molecular complexity index is 1050. The summed E-state index contributed by atoms with van der Waals surface area (Å²) in [6.07, 6.45) is 1.55. The minimum atomic E-state index is -0.607. The van der Waals surface area contributed by atoms with Gasteiger partial charge in [-0.15, -0.1) is 0 Å². The molecule has 3 rings (SSSR count). The van der Waals surface area contributed by atoms with E-state index in [0.29, 0.717) is 35.9 Å². The van der Waals surface area contributed by atoms with Crippen LogP contribution in [0.2, 0.25) is 10.0 Å². The van der Waals surface area contributed by atoms with Crippen molar-refractivity contribution >= 4 is 79.0 Å². The van der Waals surface area contributed by atoms with Crippen LogP contribution in [0, 0.1) is 0 Å². The molecule has 0 bridgehead atoms. The van der Waals surface area contributed by atoms with E-state index < -0.39 is 11.9 Å². The van der Waals surface area contributed by atoms with Crippen LogP contribution in [-0.2, 0) is 19.1 Å². The van der Waals surface area contributed by atoms with Crippen molar-refractivity contribution in [2.24, 2.45) is 4.99 Å². The monoisotopic (exact) mass is 561 g/mol. The number of rotatable bonds is 5. The number of nitrogens with zero attached hydrogens (tertiary/aromatic N) is 1. The predicted octanol–water partition coefficient (Wildman–Crippen LogP) is 5.41. The van der Waals surface area contributed by atoms with Gasteiger partial charge in [-0.1, -0.05) is 23.2 Å². The SMILES string of the molecule is COC(=O)COc1c(Br)cc(/C=C2\N=C(c3ccc(Cl)cc3Cl)OC2=O)cc1Br. The van der Waals surface area contributed by atoms with Gasteiger partial charge in [0.05, 0.1) is 26.6 Å². The Labute approximate surface area is 192 Å². The first-order valence-corrected chi connectivity index (χ1v) is 10.3. The molecule has 0 radical (unpaired) electrons. The molecular weight excluding hydrogens is 553 g/mol. The van der Waals surface area contributed by atoms with Crippen LogP contribution in [0.3, 0.4) is 0 Å². The van der Waals surface area contributed by atoms with Crippen molar-refractivity contribution in [2.45, 2.75) is 0 Å². The number of hydrogen-bond donors (Lipinski definition) is 0. The van der Waals surface area contributed by atoms with Crippen LogP contribution >= 0.6 is 55.1 Å². The number of cyclic esters (lactones) is 1. The van der Waals surface area contributed by atoms with E-state index in [-0.39, 0.29) is 18.2 Å². The molecule has 0 atom stereocenters. The third-order valence-electron chi connectivity index (χ3n) is 3.67. The Morgan fingerprint density at radius 2 is 1.90 bits per heavy atom. The number of hydrogen-bond acceptors (Lipinski definition) is 6. The summed E-state index contributed by atoms with van der Waals surface area (Å²) in [4.78, 5) is 27.7. The largest absolute Gasteiger partial charge is 0.480 e. The van der Waals surface area contributed by atoms with Crippen LogP contribution in [0.25, 0.3) is 6.08 Å². The summed E-state index contributed by atoms with van der Waals surface area (Å²) in [5.41, 5.74) is 1.21. The van der Waals surface area contributed by atoms with E-state index in [2.05, 4.69) is 41.6 Å². The van der Waals surface area contributed by atoms with Crippen molar-refractivity contribution in [2.75, 3.05) is 13.7 Å². The highest BCUT2D eigenvalue weighted by molar-refractivity contribution is 9.11. The minimum absolute atomic E-state index is 0.0964. The number of carbonyl (C=O) groups excluding carboxylic acids is 2. The molecule has 2 aromatic carbocycles. The van der Waals surface area contributed by atoms with Gasteiger partial charge in [0.25, 0.3) is 0 Å². The molecule has 2 aromatic rings. The van der Waals surface area contributed by atoms with E-state index in [9.17, 15) is 9.59 Å². The van der Waals surface area contributed by atoms with E-state index in [1.807, 2.05) is 0 Å². The molecule has 0 aliphatic carbocycles. The number of aliphatic imine (C=N–C) groups is 1. The Kier molecular flexibility index (Phi) is 7.00. The maximum absolute atomic E-state index is 12.2. The van der Waals surface area contributed by atoms with Crippen LogP contribution in [-0.4, -0.2) is 31.6 Å². The molecule has 1 aliphatic rings. The number of halogens is 4. The molecule has 1 aliphatic heterocycles. The topological polar surface area (TPSA) is 74.2 Å². The summed E-state index contributed by atoms with van der Waals surface area (Å²) in [5.74, 6) is -0.599. The van der Waals surface area contributed by atoms with Crippen molar-refractivity contribution in [1.29, 1.82) is 0 Å². The van der Waals surface area contributed by atoms with E-state index >= 15 is 0 Å². The predicted molar refractivity (Wildman–Crippen MR) is 116 cm³/mol. The Hall–Kier alpha value is -1.87. The fourth-order valence-corrected chi connectivity index (χ4v) is 4.28. The average molecular weight is 564 g/mol. The van der Waals surface area contributed by atoms with Crippen molar-refractivity contribution in [3.8, 4) is 5.75 Å². The molecule has 6 nitrogen and oxygen atoms in total. The lowest BCUT2D eigenvalue weighted by Crippen LogP contribution is -2.13. The molecule has 0 aromatic heterocycles. The van der Waals surface area contributed by atoms with Gasteiger partial charge in [-0.25, -0.2) is 14.6 Å². The van der Waals surface area contributed by atoms with Gasteiger partial charge in [-0.3, -0.25) is 0 Å². The molecule has 0 amide bonds. The standard InChI is InChI=1S/C19H11Br2Cl2NO5/c1-27-16(25)8-28-17-12(20)4-9(5-13(17)21)6-15-19(26)29-18(24-15)11-3-2-10(22)7-14(11)23/h2-7H,8H2,1H3/b15-6-. The summed E-state index contributed by atoms with van der Waals surface area (Å²) >= 11 is 18.8. The van der Waals surface area contributed by atoms with Crippen molar-refractivity contribution < 1.29 is 23.8 Å². The zero-order valence-electron chi connectivity index (χ0n) is 14.7. The first-order valence-electron chi connectivity index (χ1n) is 7.95. The van der Waals surface area contributed by atoms with Gasteiger partial charge in [0, 0.05) is 5.02 Å². The molecule has 1 heterocycles. The van der Waals surface area contributed by atoms with Crippen LogP contribution in [0.15, 0.2) is 50.0 Å². The van der Waals surface area contributed by atoms with Crippen LogP contribution in [0.5, 0.6) is 5.75 Å². The van der Waals surface area contributed by atoms with Crippen molar-refractivity contribution in [3.63, 3.8) is 0 Å². The fourth-order valence-electron chi connectivity index (χ4n) is 2.34. The first kappa shape index (κ1) is 21.8. The number of ether oxygens (including phenoxy) is 3. The smallest absolute Gasteiger partial charge is 0.363 e. The van der Waals surface area contributed by atoms with Gasteiger partial charge in [0.2, 0.25) is 5.90 Å². The quantitative estimate of drug-likeness (QED) is 0.359. The zero-order chi connectivity index (χ0) is 21.1. The summed E-state index contributed by atoms with van der Waals surface area (Å²) < 4.78 is 16.3. The summed E-state index contributed by atoms with van der Waals surface area (Å²) in [6, 6.07) is 8.21. The molecule has 0 N–H and O–H groups in total. The molecule has 10 heteroatoms. The molecule has 0 fully saturated rings. The number of esters is 2. The van der Waals surface area contributed by atoms with Crippen LogP contribution in [0.1, 0.15) is 11.1 Å². The normalized spacial score (nSPS) is 14.6. The third kappa shape index (κ3) is 5.19. The molecule has 0 saturated heterocycles. The summed E-state index contributed by atoms with van der Waals surface area (Å²) in [6.45, 7) is -0.240. The van der Waals surface area contributed by atoms with Gasteiger partial charge in [-0.05, 0) is 73.8 Å². The highest BCUT2D eigenvalue weighted by Gasteiger charge is 2.26. The lowest BCUT2D eigenvalue weighted by Gasteiger charge is -2.10. The van der Waals surface area contributed by atoms with Gasteiger partial charge in [-0.2, -0.15) is 0 Å². The Morgan fingerprint density at radius 1 is 1.21 bits per heavy atom. The van der Waals surface area contributed by atoms with E-state index in [1.54, 1.807) is 30.3 Å². The molecule has 150 valence electrons. The minimum Gasteiger partial charge on any atom is -0.480 e. The van der Waals surface area contributed by atoms with Crippen molar-refractivity contribution in [1.82, 2.24) is 0 Å². The highest BCUT2D eigenvalue weighted by Crippen LogP contribution is 2.36. The first-order chi connectivity index (χ1) is 13.8. The highest BCUT2D eigenvalue weighted by atomic mass is 79.9. The summed E-state index contributed by atoms with van der Waals surface area (Å²) in [5, 5.41) is 0.784. The molecule has 0 saturated carbocycles. The van der Waals surface area contributed by atoms with E-state index in [0.717, 1.165) is 0 Å². The second-order valence-corrected chi connectivity index (χ2v) is 8.19. The lowest BCUT2D eigenvalue weighted by molar-refractivity contribution is -0.143. The lowest BCUT2D eigenvalue weighted by atomic mass is 10.2. The number of carbonyl (C=O) groups is 2. The van der Waals surface area contributed by atoms with Gasteiger partial charge in [0.1, 0.15) is 5.75 Å². The molecule has 29 heavy (non-hydrogen) atoms. The van der Waals surface area contributed by atoms with Gasteiger partial charge in [0.15, 0.2) is 12.3 Å². The Balaban J connectivity index is 1.88. The van der Waals surface area contributed by atoms with E-state index in [1.165, 1.54) is 13.2 Å². The second-order valence-electron chi connectivity index (χ2n) is 5.64. The van der Waals surface area contributed by atoms with Gasteiger partial charge >= 0.3 is 11.9 Å². The fraction of sp³-hybridized carbons (Fsp3) is 0.105. The number of benzene rings is 2. The van der Waals surface area contributed by atoms with Crippen LogP contribution < -0.4 is 4.74 Å². The molecular formula is C19H11Br2Cl2NO5.